The minimum absolute atomic E-state index is 0.0487. The van der Waals surface area contributed by atoms with Crippen molar-refractivity contribution in [1.82, 2.24) is 14.9 Å². The van der Waals surface area contributed by atoms with Crippen molar-refractivity contribution in [3.8, 4) is 0 Å². The van der Waals surface area contributed by atoms with Gasteiger partial charge in [-0.1, -0.05) is 23.2 Å². The third-order valence-corrected chi connectivity index (χ3v) is 4.89. The molecule has 0 saturated carbocycles. The molecule has 0 heterocycles. The average molecular weight is 340 g/mol. The Kier molecular flexibility index (Phi) is 6.71. The molecular formula is C12H19Cl2N3O2S. The summed E-state index contributed by atoms with van der Waals surface area (Å²) in [4.78, 5) is 1.94. The van der Waals surface area contributed by atoms with Crippen LogP contribution in [0.2, 0.25) is 10.0 Å². The van der Waals surface area contributed by atoms with E-state index >= 15 is 0 Å². The number of nitrogens with zero attached hydrogens (tertiary/aromatic N) is 1. The molecule has 0 aromatic heterocycles. The SMILES string of the molecule is CNCc1cc(S(=O)(=O)NCCN(C)C)c(Cl)cc1Cl. The van der Waals surface area contributed by atoms with Crippen molar-refractivity contribution in [1.29, 1.82) is 0 Å². The highest BCUT2D eigenvalue weighted by atomic mass is 35.5. The molecule has 1 aromatic rings. The minimum Gasteiger partial charge on any atom is -0.316 e. The summed E-state index contributed by atoms with van der Waals surface area (Å²) in [6.45, 7) is 1.39. The zero-order chi connectivity index (χ0) is 15.3. The van der Waals surface area contributed by atoms with Gasteiger partial charge in [0.1, 0.15) is 4.90 Å². The molecule has 5 nitrogen and oxygen atoms in total. The van der Waals surface area contributed by atoms with E-state index in [1.807, 2.05) is 19.0 Å². The first kappa shape index (κ1) is 17.7. The van der Waals surface area contributed by atoms with Gasteiger partial charge in [-0.2, -0.15) is 0 Å². The second-order valence-electron chi connectivity index (χ2n) is 4.61. The quantitative estimate of drug-likeness (QED) is 0.791. The van der Waals surface area contributed by atoms with Crippen LogP contribution < -0.4 is 10.0 Å². The molecule has 0 unspecified atom stereocenters. The van der Waals surface area contributed by atoms with Crippen LogP contribution in [0.15, 0.2) is 17.0 Å². The van der Waals surface area contributed by atoms with Crippen LogP contribution in [0.4, 0.5) is 0 Å². The van der Waals surface area contributed by atoms with Crippen LogP contribution in [0.3, 0.4) is 0 Å². The number of sulfonamides is 1. The van der Waals surface area contributed by atoms with E-state index in [1.54, 1.807) is 7.05 Å². The lowest BCUT2D eigenvalue weighted by atomic mass is 10.2. The fourth-order valence-corrected chi connectivity index (χ4v) is 3.47. The van der Waals surface area contributed by atoms with Crippen LogP contribution in [0.5, 0.6) is 0 Å². The lowest BCUT2D eigenvalue weighted by Crippen LogP contribution is -2.31. The monoisotopic (exact) mass is 339 g/mol. The second-order valence-corrected chi connectivity index (χ2v) is 7.16. The van der Waals surface area contributed by atoms with Crippen molar-refractivity contribution in [3.05, 3.63) is 27.7 Å². The van der Waals surface area contributed by atoms with Gasteiger partial charge in [0, 0.05) is 24.7 Å². The highest BCUT2D eigenvalue weighted by Gasteiger charge is 2.19. The predicted molar refractivity (Wildman–Crippen MR) is 83.0 cm³/mol. The fraction of sp³-hybridized carbons (Fsp3) is 0.500. The van der Waals surface area contributed by atoms with Gasteiger partial charge in [0.25, 0.3) is 0 Å². The molecule has 1 rings (SSSR count). The van der Waals surface area contributed by atoms with E-state index in [0.29, 0.717) is 30.2 Å². The van der Waals surface area contributed by atoms with E-state index < -0.39 is 10.0 Å². The van der Waals surface area contributed by atoms with Gasteiger partial charge in [0.2, 0.25) is 10.0 Å². The van der Waals surface area contributed by atoms with Crippen LogP contribution in [0.25, 0.3) is 0 Å². The highest BCUT2D eigenvalue weighted by molar-refractivity contribution is 7.89. The Hall–Kier alpha value is -0.370. The van der Waals surface area contributed by atoms with E-state index in [0.717, 1.165) is 0 Å². The smallest absolute Gasteiger partial charge is 0.242 e. The van der Waals surface area contributed by atoms with Gasteiger partial charge in [-0.15, -0.1) is 0 Å². The van der Waals surface area contributed by atoms with Gasteiger partial charge >= 0.3 is 0 Å². The maximum absolute atomic E-state index is 12.2. The van der Waals surface area contributed by atoms with E-state index in [1.165, 1.54) is 12.1 Å². The molecule has 0 aliphatic rings. The molecule has 20 heavy (non-hydrogen) atoms. The normalized spacial score (nSPS) is 12.1. The van der Waals surface area contributed by atoms with Crippen LogP contribution in [0.1, 0.15) is 5.56 Å². The van der Waals surface area contributed by atoms with Crippen molar-refractivity contribution in [2.24, 2.45) is 0 Å². The number of benzene rings is 1. The predicted octanol–water partition coefficient (Wildman–Crippen LogP) is 1.55. The fourth-order valence-electron chi connectivity index (χ4n) is 1.58. The Morgan fingerprint density at radius 2 is 1.85 bits per heavy atom. The Morgan fingerprint density at radius 3 is 2.40 bits per heavy atom. The molecule has 0 radical (unpaired) electrons. The number of rotatable bonds is 7. The van der Waals surface area contributed by atoms with Crippen LogP contribution in [-0.4, -0.2) is 47.6 Å². The van der Waals surface area contributed by atoms with Crippen molar-refractivity contribution >= 4 is 33.2 Å². The molecule has 0 bridgehead atoms. The molecule has 1 aromatic carbocycles. The van der Waals surface area contributed by atoms with E-state index in [2.05, 4.69) is 10.0 Å². The first-order valence-corrected chi connectivity index (χ1v) is 8.28. The minimum atomic E-state index is -3.64. The van der Waals surface area contributed by atoms with Gasteiger partial charge in [-0.05, 0) is 38.8 Å². The van der Waals surface area contributed by atoms with Gasteiger partial charge in [-0.25, -0.2) is 13.1 Å². The van der Waals surface area contributed by atoms with Gasteiger partial charge in [0.05, 0.1) is 5.02 Å². The highest BCUT2D eigenvalue weighted by Crippen LogP contribution is 2.28. The lowest BCUT2D eigenvalue weighted by Gasteiger charge is -2.13. The van der Waals surface area contributed by atoms with E-state index in [-0.39, 0.29) is 9.92 Å². The summed E-state index contributed by atoms with van der Waals surface area (Å²) < 4.78 is 27.0. The maximum atomic E-state index is 12.2. The lowest BCUT2D eigenvalue weighted by molar-refractivity contribution is 0.412. The molecule has 2 N–H and O–H groups in total. The molecule has 0 fully saturated rings. The molecule has 114 valence electrons. The first-order valence-electron chi connectivity index (χ1n) is 6.05. The summed E-state index contributed by atoms with van der Waals surface area (Å²) in [5.74, 6) is 0. The van der Waals surface area contributed by atoms with Crippen molar-refractivity contribution in [2.45, 2.75) is 11.4 Å². The number of halogens is 2. The Balaban J connectivity index is 3.02. The first-order chi connectivity index (χ1) is 9.27. The van der Waals surface area contributed by atoms with Crippen molar-refractivity contribution < 1.29 is 8.42 Å². The Morgan fingerprint density at radius 1 is 1.20 bits per heavy atom. The molecule has 0 amide bonds. The van der Waals surface area contributed by atoms with Crippen LogP contribution in [-0.2, 0) is 16.6 Å². The van der Waals surface area contributed by atoms with Gasteiger partial charge < -0.3 is 10.2 Å². The Labute approximate surface area is 130 Å². The maximum Gasteiger partial charge on any atom is 0.242 e. The summed E-state index contributed by atoms with van der Waals surface area (Å²) in [5.41, 5.74) is 0.687. The third-order valence-electron chi connectivity index (χ3n) is 2.61. The standard InChI is InChI=1S/C12H19Cl2N3O2S/c1-15-8-9-6-12(11(14)7-10(9)13)20(18,19)16-4-5-17(2)3/h6-7,15-16H,4-5,8H2,1-3H3. The van der Waals surface area contributed by atoms with E-state index in [4.69, 9.17) is 23.2 Å². The molecule has 0 atom stereocenters. The molecule has 0 aliphatic carbocycles. The van der Waals surface area contributed by atoms with Crippen LogP contribution >= 0.6 is 23.2 Å². The zero-order valence-electron chi connectivity index (χ0n) is 11.7. The Bertz CT molecular complexity index is 562. The molecule has 0 aliphatic heterocycles. The molecule has 0 saturated heterocycles. The van der Waals surface area contributed by atoms with E-state index in [9.17, 15) is 8.42 Å². The van der Waals surface area contributed by atoms with Gasteiger partial charge in [0.15, 0.2) is 0 Å². The molecule has 0 spiro atoms. The number of hydrogen-bond acceptors (Lipinski definition) is 4. The average Bonchev–Trinajstić information content (AvgIpc) is 2.31. The van der Waals surface area contributed by atoms with Crippen molar-refractivity contribution in [3.63, 3.8) is 0 Å². The van der Waals surface area contributed by atoms with Crippen LogP contribution in [0, 0.1) is 0 Å². The molecular weight excluding hydrogens is 321 g/mol. The third kappa shape index (κ3) is 4.87. The van der Waals surface area contributed by atoms with Gasteiger partial charge in [-0.3, -0.25) is 0 Å². The topological polar surface area (TPSA) is 61.4 Å². The summed E-state index contributed by atoms with van der Waals surface area (Å²) in [7, 11) is 1.86. The second kappa shape index (κ2) is 7.59. The summed E-state index contributed by atoms with van der Waals surface area (Å²) in [5, 5.41) is 3.49. The molecule has 8 heteroatoms. The summed E-state index contributed by atoms with van der Waals surface area (Å²) in [6, 6.07) is 2.95. The summed E-state index contributed by atoms with van der Waals surface area (Å²) in [6.07, 6.45) is 0. The number of hydrogen-bond donors (Lipinski definition) is 2. The number of nitrogens with one attached hydrogen (secondary N) is 2. The largest absolute Gasteiger partial charge is 0.316 e. The number of likely N-dealkylation sites (N-methyl/N-ethyl adjacent to an activating group) is 1. The summed E-state index contributed by atoms with van der Waals surface area (Å²) >= 11 is 12.0. The zero-order valence-corrected chi connectivity index (χ0v) is 14.0. The van der Waals surface area contributed by atoms with Crippen molar-refractivity contribution in [2.75, 3.05) is 34.2 Å².